The average Bonchev–Trinajstić information content (AvgIpc) is 2.64. The number of carboxylic acids is 1. The van der Waals surface area contributed by atoms with Gasteiger partial charge in [-0.25, -0.2) is 0 Å². The lowest BCUT2D eigenvalue weighted by atomic mass is 10.0. The molecule has 3 N–H and O–H groups in total. The first kappa shape index (κ1) is 28.9. The molecule has 0 unspecified atom stereocenters. The van der Waals surface area contributed by atoms with Gasteiger partial charge in [-0.1, -0.05) is 6.08 Å². The van der Waals surface area contributed by atoms with E-state index in [1.807, 2.05) is 26.8 Å². The van der Waals surface area contributed by atoms with E-state index in [0.29, 0.717) is 28.9 Å². The first-order valence-corrected chi connectivity index (χ1v) is 11.4. The molecule has 0 aromatic heterocycles. The molecule has 32 heavy (non-hydrogen) atoms. The highest BCUT2D eigenvalue weighted by atomic mass is 127. The van der Waals surface area contributed by atoms with Gasteiger partial charge in [0, 0.05) is 18.7 Å². The maximum absolute atomic E-state index is 12.0. The Morgan fingerprint density at radius 3 is 2.62 bits per heavy atom. The van der Waals surface area contributed by atoms with E-state index >= 15 is 0 Å². The van der Waals surface area contributed by atoms with E-state index in [9.17, 15) is 19.5 Å². The summed E-state index contributed by atoms with van der Waals surface area (Å²) in [6.07, 6.45) is 4.57. The Hall–Kier alpha value is -1.15. The number of ether oxygens (including phenoxy) is 1. The van der Waals surface area contributed by atoms with Crippen molar-refractivity contribution < 1.29 is 28.7 Å². The maximum atomic E-state index is 12.0. The minimum atomic E-state index is -1.35. The zero-order valence-corrected chi connectivity index (χ0v) is 22.5. The van der Waals surface area contributed by atoms with Crippen LogP contribution in [0.2, 0.25) is 0 Å². The number of halogens is 1. The molecule has 0 aromatic carbocycles. The summed E-state index contributed by atoms with van der Waals surface area (Å²) >= 11 is 1.47. The minimum Gasteiger partial charge on any atom is -0.543 e. The van der Waals surface area contributed by atoms with E-state index in [-0.39, 0.29) is 53.5 Å². The third-order valence-electron chi connectivity index (χ3n) is 4.96. The molecule has 0 saturated carbocycles. The molecular formula is C21H35IN4O5S. The molecule has 1 amide bonds. The van der Waals surface area contributed by atoms with Crippen LogP contribution in [0.15, 0.2) is 23.4 Å². The summed E-state index contributed by atoms with van der Waals surface area (Å²) in [5.74, 6) is -1.52. The van der Waals surface area contributed by atoms with Crippen molar-refractivity contribution in [1.82, 2.24) is 10.2 Å². The second-order valence-electron chi connectivity index (χ2n) is 9.46. The van der Waals surface area contributed by atoms with Gasteiger partial charge < -0.3 is 30.2 Å². The number of aliphatic carboxylic acids is 1. The Bertz CT molecular complexity index is 779. The Morgan fingerprint density at radius 2 is 2.03 bits per heavy atom. The van der Waals surface area contributed by atoms with E-state index in [1.165, 1.54) is 16.7 Å². The molecule has 9 nitrogen and oxygen atoms in total. The zero-order valence-electron chi connectivity index (χ0n) is 19.4. The number of esters is 1. The molecule has 2 heterocycles. The molecule has 1 saturated heterocycles. The maximum Gasteiger partial charge on any atom is 0.320 e. The van der Waals surface area contributed by atoms with Gasteiger partial charge in [0.25, 0.3) is 0 Å². The van der Waals surface area contributed by atoms with Crippen LogP contribution in [0.5, 0.6) is 0 Å². The fraction of sp³-hybridized carbons (Fsp3) is 0.667. The lowest BCUT2D eigenvalue weighted by Crippen LogP contribution is -2.69. The van der Waals surface area contributed by atoms with Crippen LogP contribution in [-0.2, 0) is 19.1 Å². The highest BCUT2D eigenvalue weighted by Gasteiger charge is 2.49. The predicted octanol–water partition coefficient (Wildman–Crippen LogP) is -0.195. The third kappa shape index (κ3) is 8.01. The van der Waals surface area contributed by atoms with Crippen molar-refractivity contribution in [2.24, 2.45) is 5.73 Å². The number of β-lactam (4-membered cyclic amide) rings is 1. The lowest BCUT2D eigenvalue weighted by molar-refractivity contribution is -0.884. The van der Waals surface area contributed by atoms with Gasteiger partial charge in [0.1, 0.15) is 17.0 Å². The van der Waals surface area contributed by atoms with Crippen LogP contribution >= 0.6 is 35.7 Å². The van der Waals surface area contributed by atoms with Crippen LogP contribution in [0.25, 0.3) is 0 Å². The molecule has 0 bridgehead atoms. The van der Waals surface area contributed by atoms with Crippen LogP contribution in [-0.4, -0.2) is 90.3 Å². The highest BCUT2D eigenvalue weighted by Crippen LogP contribution is 2.39. The van der Waals surface area contributed by atoms with E-state index in [0.717, 1.165) is 13.0 Å². The van der Waals surface area contributed by atoms with E-state index in [2.05, 4.69) is 19.4 Å². The topological polar surface area (TPSA) is 125 Å². The number of quaternary nitrogens is 1. The number of nitrogens with two attached hydrogens (primary N) is 1. The lowest BCUT2D eigenvalue weighted by Gasteiger charge is -2.49. The van der Waals surface area contributed by atoms with Crippen LogP contribution in [0.1, 0.15) is 27.2 Å². The summed E-state index contributed by atoms with van der Waals surface area (Å²) in [4.78, 5) is 36.5. The largest absolute Gasteiger partial charge is 0.543 e. The Kier molecular flexibility index (Phi) is 10.7. The number of fused-ring (bicyclic) bond motifs is 1. The quantitative estimate of drug-likeness (QED) is 0.119. The van der Waals surface area contributed by atoms with Gasteiger partial charge >= 0.3 is 5.97 Å². The van der Waals surface area contributed by atoms with Crippen molar-refractivity contribution in [3.63, 3.8) is 0 Å². The number of carboxylic acid groups (broad SMARTS) is 1. The molecule has 2 atom stereocenters. The van der Waals surface area contributed by atoms with Gasteiger partial charge in [-0.2, -0.15) is 0 Å². The Morgan fingerprint density at radius 1 is 1.38 bits per heavy atom. The van der Waals surface area contributed by atoms with E-state index in [4.69, 9.17) is 10.5 Å². The number of likely N-dealkylation sites (N-methyl/N-ethyl adjacent to an activating group) is 1. The second-order valence-corrected chi connectivity index (χ2v) is 10.6. The number of hydrogen-bond donors (Lipinski definition) is 2. The van der Waals surface area contributed by atoms with Crippen LogP contribution < -0.4 is 16.2 Å². The normalized spacial score (nSPS) is 21.2. The van der Waals surface area contributed by atoms with Crippen molar-refractivity contribution in [2.75, 3.05) is 46.0 Å². The van der Waals surface area contributed by atoms with Crippen LogP contribution in [0.3, 0.4) is 0 Å². The van der Waals surface area contributed by atoms with Gasteiger partial charge in [0.2, 0.25) is 5.91 Å². The molecule has 2 aliphatic rings. The van der Waals surface area contributed by atoms with E-state index < -0.39 is 17.6 Å². The molecule has 1 fully saturated rings. The summed E-state index contributed by atoms with van der Waals surface area (Å²) < 4.78 is 5.95. The number of amides is 1. The molecule has 0 aliphatic carbocycles. The van der Waals surface area contributed by atoms with Crippen molar-refractivity contribution in [2.45, 2.75) is 44.2 Å². The molecule has 182 valence electrons. The molecule has 11 heteroatoms. The van der Waals surface area contributed by atoms with Gasteiger partial charge in [-0.3, -0.25) is 14.5 Å². The molecule has 2 rings (SSSR count). The summed E-state index contributed by atoms with van der Waals surface area (Å²) in [5, 5.41) is 14.4. The summed E-state index contributed by atoms with van der Waals surface area (Å²) in [6.45, 7) is 7.95. The van der Waals surface area contributed by atoms with Crippen molar-refractivity contribution in [3.05, 3.63) is 23.4 Å². The summed E-state index contributed by atoms with van der Waals surface area (Å²) in [6, 6.07) is -0.649. The molecule has 2 aliphatic heterocycles. The summed E-state index contributed by atoms with van der Waals surface area (Å²) in [5.41, 5.74) is 5.77. The molecular weight excluding hydrogens is 547 g/mol. The number of carbonyl (C=O) groups excluding carboxylic acids is 3. The number of hydrogen-bond acceptors (Lipinski definition) is 8. The van der Waals surface area contributed by atoms with Gasteiger partial charge in [0.05, 0.1) is 45.4 Å². The Balaban J connectivity index is 0.00000512. The van der Waals surface area contributed by atoms with Crippen molar-refractivity contribution in [1.29, 1.82) is 0 Å². The number of carbonyl (C=O) groups is 3. The fourth-order valence-electron chi connectivity index (χ4n) is 3.43. The van der Waals surface area contributed by atoms with Crippen molar-refractivity contribution >= 4 is 53.6 Å². The van der Waals surface area contributed by atoms with E-state index in [1.54, 1.807) is 6.08 Å². The average molecular weight is 583 g/mol. The number of allylic oxidation sites excluding steroid dienone is 1. The first-order chi connectivity index (χ1) is 14.3. The summed E-state index contributed by atoms with van der Waals surface area (Å²) in [7, 11) is 4.16. The minimum absolute atomic E-state index is 0. The first-order valence-electron chi connectivity index (χ1n) is 10.4. The second kappa shape index (κ2) is 11.8. The zero-order chi connectivity index (χ0) is 23.4. The monoisotopic (exact) mass is 582 g/mol. The number of nitrogens with zero attached hydrogens (tertiary/aromatic N) is 2. The molecule has 0 radical (unpaired) electrons. The van der Waals surface area contributed by atoms with Crippen LogP contribution in [0, 0.1) is 0 Å². The number of nitrogens with one attached hydrogen (secondary N) is 1. The van der Waals surface area contributed by atoms with Gasteiger partial charge in [0.15, 0.2) is 0 Å². The van der Waals surface area contributed by atoms with Crippen molar-refractivity contribution in [3.8, 4) is 0 Å². The SMILES string of the molecule is CC(C)(C)OC(=O)CNCCC[N+](C)(C)C/C=C/C1=C(C(=O)[O-])N2C(=O)[C@@H](N)[C@H]2SC1.I. The molecule has 0 spiro atoms. The number of thioether (sulfide) groups is 1. The molecule has 0 aromatic rings. The van der Waals surface area contributed by atoms with Gasteiger partial charge in [-0.05, 0) is 32.4 Å². The van der Waals surface area contributed by atoms with Gasteiger partial charge in [-0.15, -0.1) is 35.7 Å². The number of rotatable bonds is 10. The smallest absolute Gasteiger partial charge is 0.320 e. The third-order valence-corrected chi connectivity index (χ3v) is 6.28. The highest BCUT2D eigenvalue weighted by molar-refractivity contribution is 14.0. The fourth-order valence-corrected chi connectivity index (χ4v) is 4.69. The predicted molar refractivity (Wildman–Crippen MR) is 133 cm³/mol. The standard InChI is InChI=1S/C21H34N4O5S.HI/c1-21(2,3)30-15(26)12-23-9-7-11-25(4,5)10-6-8-14-13-31-19-16(22)18(27)24(19)17(14)20(28)29;/h6,8,16,19,23H,7,9-13,22H2,1-5H3;1H/b8-6+;/t16-,19-;/m1./s1. The Labute approximate surface area is 211 Å². The van der Waals surface area contributed by atoms with Crippen LogP contribution in [0.4, 0.5) is 0 Å².